The number of aliphatic carboxylic acids is 1. The zero-order valence-electron chi connectivity index (χ0n) is 14.6. The third-order valence-corrected chi connectivity index (χ3v) is 3.89. The van der Waals surface area contributed by atoms with Crippen LogP contribution in [0.3, 0.4) is 0 Å². The van der Waals surface area contributed by atoms with E-state index in [1.54, 1.807) is 24.3 Å². The Morgan fingerprint density at radius 1 is 1.04 bits per heavy atom. The number of hydrogen-bond donors (Lipinski definition) is 3. The molecule has 0 aliphatic carbocycles. The van der Waals surface area contributed by atoms with Crippen molar-refractivity contribution in [1.29, 1.82) is 0 Å². The quantitative estimate of drug-likeness (QED) is 0.632. The average molecular weight is 354 g/mol. The molecule has 0 radical (unpaired) electrons. The van der Waals surface area contributed by atoms with Gasteiger partial charge in [0.1, 0.15) is 0 Å². The van der Waals surface area contributed by atoms with Crippen molar-refractivity contribution in [3.05, 3.63) is 65.7 Å². The number of benzene rings is 2. The molecule has 0 aliphatic heterocycles. The van der Waals surface area contributed by atoms with E-state index in [2.05, 4.69) is 10.6 Å². The molecule has 136 valence electrons. The Kier molecular flexibility index (Phi) is 6.91. The number of rotatable bonds is 8. The molecule has 1 atom stereocenters. The molecule has 0 spiro atoms. The van der Waals surface area contributed by atoms with Crippen LogP contribution in [-0.4, -0.2) is 28.9 Å². The molecule has 2 aromatic carbocycles. The summed E-state index contributed by atoms with van der Waals surface area (Å²) in [6, 6.07) is 15.5. The van der Waals surface area contributed by atoms with E-state index < -0.39 is 12.0 Å². The van der Waals surface area contributed by atoms with Crippen molar-refractivity contribution in [2.45, 2.75) is 32.2 Å². The number of Topliss-reactive ketones (excluding diaryl/α,β-unsaturated/α-hetero) is 1. The SMILES string of the molecule is CC(=O)c1cccc(NC(=O)NC(CCC(=O)O)Cc2ccccc2)c1. The van der Waals surface area contributed by atoms with E-state index in [0.29, 0.717) is 24.1 Å². The molecule has 0 aromatic heterocycles. The predicted octanol–water partition coefficient (Wildman–Crippen LogP) is 3.49. The van der Waals surface area contributed by atoms with Crippen LogP contribution in [0.2, 0.25) is 0 Å². The van der Waals surface area contributed by atoms with Gasteiger partial charge >= 0.3 is 12.0 Å². The van der Waals surface area contributed by atoms with Crippen molar-refractivity contribution >= 4 is 23.5 Å². The van der Waals surface area contributed by atoms with Crippen LogP contribution in [0.5, 0.6) is 0 Å². The van der Waals surface area contributed by atoms with Gasteiger partial charge < -0.3 is 15.7 Å². The van der Waals surface area contributed by atoms with Gasteiger partial charge in [-0.05, 0) is 37.5 Å². The standard InChI is InChI=1S/C20H22N2O4/c1-14(23)16-8-5-9-17(13-16)21-20(26)22-18(10-11-19(24)25)12-15-6-3-2-4-7-15/h2-9,13,18H,10-12H2,1H3,(H,24,25)(H2,21,22,26). The summed E-state index contributed by atoms with van der Waals surface area (Å²) in [5, 5.41) is 14.4. The molecule has 2 amide bonds. The highest BCUT2D eigenvalue weighted by molar-refractivity contribution is 5.96. The van der Waals surface area contributed by atoms with Crippen molar-refractivity contribution in [3.8, 4) is 0 Å². The minimum atomic E-state index is -0.903. The van der Waals surface area contributed by atoms with Crippen LogP contribution < -0.4 is 10.6 Å². The highest BCUT2D eigenvalue weighted by Crippen LogP contribution is 2.12. The van der Waals surface area contributed by atoms with Gasteiger partial charge in [-0.3, -0.25) is 9.59 Å². The van der Waals surface area contributed by atoms with Gasteiger partial charge in [-0.25, -0.2) is 4.79 Å². The van der Waals surface area contributed by atoms with Gasteiger partial charge in [0.2, 0.25) is 0 Å². The number of carboxylic acid groups (broad SMARTS) is 1. The van der Waals surface area contributed by atoms with Crippen LogP contribution in [0.25, 0.3) is 0 Å². The number of nitrogens with one attached hydrogen (secondary N) is 2. The number of ketones is 1. The molecular weight excluding hydrogens is 332 g/mol. The monoisotopic (exact) mass is 354 g/mol. The number of hydrogen-bond acceptors (Lipinski definition) is 3. The Morgan fingerprint density at radius 2 is 1.77 bits per heavy atom. The van der Waals surface area contributed by atoms with E-state index in [1.165, 1.54) is 6.92 Å². The van der Waals surface area contributed by atoms with Crippen molar-refractivity contribution in [2.24, 2.45) is 0 Å². The molecule has 0 aliphatic rings. The average Bonchev–Trinajstić information content (AvgIpc) is 2.60. The lowest BCUT2D eigenvalue weighted by Crippen LogP contribution is -2.39. The maximum Gasteiger partial charge on any atom is 0.319 e. The maximum atomic E-state index is 12.3. The molecule has 6 nitrogen and oxygen atoms in total. The molecule has 26 heavy (non-hydrogen) atoms. The van der Waals surface area contributed by atoms with Gasteiger partial charge in [-0.2, -0.15) is 0 Å². The molecule has 6 heteroatoms. The van der Waals surface area contributed by atoms with Crippen LogP contribution >= 0.6 is 0 Å². The Hall–Kier alpha value is -3.15. The number of urea groups is 1. The lowest BCUT2D eigenvalue weighted by molar-refractivity contribution is -0.137. The summed E-state index contributed by atoms with van der Waals surface area (Å²) >= 11 is 0. The molecule has 0 bridgehead atoms. The van der Waals surface area contributed by atoms with E-state index in [0.717, 1.165) is 5.56 Å². The summed E-state index contributed by atoms with van der Waals surface area (Å²) in [5.41, 5.74) is 2.03. The Bertz CT molecular complexity index is 774. The fourth-order valence-electron chi connectivity index (χ4n) is 2.59. The predicted molar refractivity (Wildman–Crippen MR) is 99.4 cm³/mol. The molecule has 2 rings (SSSR count). The first-order chi connectivity index (χ1) is 12.4. The van der Waals surface area contributed by atoms with Crippen LogP contribution in [0.4, 0.5) is 10.5 Å². The Labute approximate surface area is 152 Å². The minimum absolute atomic E-state index is 0.0302. The van der Waals surface area contributed by atoms with E-state index in [9.17, 15) is 14.4 Å². The van der Waals surface area contributed by atoms with Gasteiger partial charge in [-0.1, -0.05) is 42.5 Å². The number of carbonyl (C=O) groups is 3. The third kappa shape index (κ3) is 6.39. The zero-order valence-corrected chi connectivity index (χ0v) is 14.6. The van der Waals surface area contributed by atoms with Crippen LogP contribution in [0, 0.1) is 0 Å². The molecule has 2 aromatic rings. The molecule has 3 N–H and O–H groups in total. The molecule has 0 heterocycles. The number of carboxylic acids is 1. The van der Waals surface area contributed by atoms with E-state index in [4.69, 9.17) is 5.11 Å². The van der Waals surface area contributed by atoms with E-state index in [1.807, 2.05) is 30.3 Å². The first kappa shape index (κ1) is 19.2. The first-order valence-corrected chi connectivity index (χ1v) is 8.38. The summed E-state index contributed by atoms with van der Waals surface area (Å²) in [4.78, 5) is 34.6. The second-order valence-corrected chi connectivity index (χ2v) is 6.05. The zero-order chi connectivity index (χ0) is 18.9. The van der Waals surface area contributed by atoms with Crippen LogP contribution in [0.15, 0.2) is 54.6 Å². The summed E-state index contributed by atoms with van der Waals surface area (Å²) in [5.74, 6) is -0.989. The van der Waals surface area contributed by atoms with E-state index >= 15 is 0 Å². The highest BCUT2D eigenvalue weighted by Gasteiger charge is 2.15. The summed E-state index contributed by atoms with van der Waals surface area (Å²) < 4.78 is 0. The maximum absolute atomic E-state index is 12.3. The summed E-state index contributed by atoms with van der Waals surface area (Å²) in [6.07, 6.45) is 0.831. The van der Waals surface area contributed by atoms with Crippen molar-refractivity contribution in [2.75, 3.05) is 5.32 Å². The van der Waals surface area contributed by atoms with Crippen molar-refractivity contribution in [1.82, 2.24) is 5.32 Å². The molecule has 0 fully saturated rings. The second kappa shape index (κ2) is 9.36. The summed E-state index contributed by atoms with van der Waals surface area (Å²) in [6.45, 7) is 1.46. The fraction of sp³-hybridized carbons (Fsp3) is 0.250. The summed E-state index contributed by atoms with van der Waals surface area (Å²) in [7, 11) is 0. The fourth-order valence-corrected chi connectivity index (χ4v) is 2.59. The largest absolute Gasteiger partial charge is 0.481 e. The third-order valence-electron chi connectivity index (χ3n) is 3.89. The van der Waals surface area contributed by atoms with Crippen molar-refractivity contribution < 1.29 is 19.5 Å². The second-order valence-electron chi connectivity index (χ2n) is 6.05. The molecule has 1 unspecified atom stereocenters. The Morgan fingerprint density at radius 3 is 2.42 bits per heavy atom. The van der Waals surface area contributed by atoms with Crippen LogP contribution in [-0.2, 0) is 11.2 Å². The topological polar surface area (TPSA) is 95.5 Å². The molecular formula is C20H22N2O4. The normalized spacial score (nSPS) is 11.4. The molecule has 0 saturated heterocycles. The molecule has 0 saturated carbocycles. The number of amides is 2. The highest BCUT2D eigenvalue weighted by atomic mass is 16.4. The lowest BCUT2D eigenvalue weighted by Gasteiger charge is -2.19. The van der Waals surface area contributed by atoms with Gasteiger partial charge in [0.25, 0.3) is 0 Å². The Balaban J connectivity index is 2.01. The first-order valence-electron chi connectivity index (χ1n) is 8.38. The number of anilines is 1. The van der Waals surface area contributed by atoms with Gasteiger partial charge in [0, 0.05) is 23.7 Å². The van der Waals surface area contributed by atoms with Gasteiger partial charge in [-0.15, -0.1) is 0 Å². The number of carbonyl (C=O) groups excluding carboxylic acids is 2. The smallest absolute Gasteiger partial charge is 0.319 e. The lowest BCUT2D eigenvalue weighted by atomic mass is 10.0. The minimum Gasteiger partial charge on any atom is -0.481 e. The van der Waals surface area contributed by atoms with Gasteiger partial charge in [0.15, 0.2) is 5.78 Å². The van der Waals surface area contributed by atoms with Gasteiger partial charge in [0.05, 0.1) is 0 Å². The van der Waals surface area contributed by atoms with Crippen molar-refractivity contribution in [3.63, 3.8) is 0 Å². The van der Waals surface area contributed by atoms with E-state index in [-0.39, 0.29) is 18.2 Å². The van der Waals surface area contributed by atoms with Crippen LogP contribution in [0.1, 0.15) is 35.7 Å².